The number of nitrogen functional groups attached to an aromatic ring is 1. The van der Waals surface area contributed by atoms with Gasteiger partial charge in [0.2, 0.25) is 0 Å². The van der Waals surface area contributed by atoms with Crippen LogP contribution in [0.1, 0.15) is 46.8 Å². The topological polar surface area (TPSA) is 72.4 Å². The van der Waals surface area contributed by atoms with Crippen LogP contribution in [0.5, 0.6) is 11.5 Å². The Labute approximate surface area is 228 Å². The van der Waals surface area contributed by atoms with Crippen molar-refractivity contribution in [2.24, 2.45) is 0 Å². The minimum absolute atomic E-state index is 0.175. The molecular weight excluding hydrogens is 448 g/mol. The number of nitrogens with two attached hydrogens (primary N) is 1. The average Bonchev–Trinajstić information content (AvgIpc) is 3.37. The number of benzene rings is 2. The second kappa shape index (κ2) is 9.91. The second-order valence-electron chi connectivity index (χ2n) is 8.96. The Kier molecular flexibility index (Phi) is 3.79. The lowest BCUT2D eigenvalue weighted by atomic mass is 9.89. The van der Waals surface area contributed by atoms with Crippen LogP contribution in [-0.2, 0) is 0 Å². The summed E-state index contributed by atoms with van der Waals surface area (Å²) in [4.78, 5) is 9.02. The van der Waals surface area contributed by atoms with E-state index in [1.807, 2.05) is 65.4 Å². The van der Waals surface area contributed by atoms with Crippen LogP contribution in [0.15, 0.2) is 67.1 Å². The first-order chi connectivity index (χ1) is 21.9. The predicted octanol–water partition coefficient (Wildman–Crippen LogP) is 5.20. The van der Waals surface area contributed by atoms with Crippen LogP contribution in [0.3, 0.4) is 0 Å². The van der Waals surface area contributed by atoms with Crippen LogP contribution in [-0.4, -0.2) is 63.3 Å². The summed E-state index contributed by atoms with van der Waals surface area (Å²) >= 11 is 0. The Morgan fingerprint density at radius 3 is 2.31 bits per heavy atom. The number of likely N-dealkylation sites (N-methyl/N-ethyl adjacent to an activating group) is 1. The summed E-state index contributed by atoms with van der Waals surface area (Å²) in [6.07, 6.45) is 4.48. The van der Waals surface area contributed by atoms with Gasteiger partial charge in [-0.15, -0.1) is 0 Å². The zero-order valence-electron chi connectivity index (χ0n) is 30.6. The lowest BCUT2D eigenvalue weighted by molar-refractivity contribution is 0.0828. The van der Waals surface area contributed by atoms with Crippen molar-refractivity contribution in [1.29, 1.82) is 0 Å². The third-order valence-corrected chi connectivity index (χ3v) is 6.77. The van der Waals surface area contributed by atoms with Gasteiger partial charge in [0.25, 0.3) is 0 Å². The van der Waals surface area contributed by atoms with Crippen LogP contribution in [0, 0.1) is 0 Å². The molecule has 2 N–H and O–H groups in total. The molecule has 1 saturated heterocycles. The summed E-state index contributed by atoms with van der Waals surface area (Å²) in [5.41, 5.74) is 8.58. The standard InChI is InChI=1S/C29H34N6O/c1-33-15-17-34(18-16-33)22-9-11-23(12-10-22)35-19-26(27-28(30)31-20-32-29(27)35)21-7-13-25(14-8-21)36-24-5-3-2-4-6-24/h2-8,13-14,19-20,22-23H,9-12,15-18H2,1H3,(H2,30,31,32)/i1D3,15D2,16D2,17D2,18D2. The summed E-state index contributed by atoms with van der Waals surface area (Å²) < 4.78 is 99.5. The number of piperazine rings is 1. The van der Waals surface area contributed by atoms with E-state index in [-0.39, 0.29) is 23.8 Å². The van der Waals surface area contributed by atoms with Gasteiger partial charge in [0.05, 0.1) is 5.39 Å². The zero-order valence-corrected chi connectivity index (χ0v) is 19.6. The molecule has 3 heterocycles. The Hall–Kier alpha value is -3.42. The Morgan fingerprint density at radius 1 is 0.889 bits per heavy atom. The summed E-state index contributed by atoms with van der Waals surface area (Å²) in [5, 5.41) is 0.654. The van der Waals surface area contributed by atoms with Gasteiger partial charge in [0.1, 0.15) is 29.3 Å². The first-order valence-electron chi connectivity index (χ1n) is 17.4. The van der Waals surface area contributed by atoms with Gasteiger partial charge in [0.15, 0.2) is 0 Å². The lowest BCUT2D eigenvalue weighted by Crippen LogP contribution is -2.49. The van der Waals surface area contributed by atoms with Gasteiger partial charge < -0.3 is 19.9 Å². The number of fused-ring (bicyclic) bond motifs is 1. The van der Waals surface area contributed by atoms with Crippen molar-refractivity contribution in [3.63, 3.8) is 0 Å². The largest absolute Gasteiger partial charge is 0.457 e. The van der Waals surface area contributed by atoms with Crippen molar-refractivity contribution in [2.75, 3.05) is 38.7 Å². The fraction of sp³-hybridized carbons (Fsp3) is 0.379. The molecule has 1 aliphatic heterocycles. The van der Waals surface area contributed by atoms with Crippen molar-refractivity contribution in [3.05, 3.63) is 67.1 Å². The third kappa shape index (κ3) is 4.56. The minimum Gasteiger partial charge on any atom is -0.457 e. The number of ether oxygens (including phenoxy) is 1. The molecule has 7 heteroatoms. The van der Waals surface area contributed by atoms with Crippen molar-refractivity contribution in [2.45, 2.75) is 37.8 Å². The van der Waals surface area contributed by atoms with E-state index in [0.29, 0.717) is 46.1 Å². The number of aromatic nitrogens is 3. The maximum Gasteiger partial charge on any atom is 0.146 e. The highest BCUT2D eigenvalue weighted by Gasteiger charge is 2.29. The predicted molar refractivity (Wildman–Crippen MR) is 144 cm³/mol. The number of nitrogens with zero attached hydrogens (tertiary/aromatic N) is 5. The van der Waals surface area contributed by atoms with E-state index in [9.17, 15) is 0 Å². The highest BCUT2D eigenvalue weighted by atomic mass is 16.5. The van der Waals surface area contributed by atoms with Gasteiger partial charge in [-0.05, 0) is 62.5 Å². The summed E-state index contributed by atoms with van der Waals surface area (Å²) in [6, 6.07) is 15.8. The van der Waals surface area contributed by atoms with E-state index < -0.39 is 39.0 Å². The fourth-order valence-corrected chi connectivity index (χ4v) is 4.97. The van der Waals surface area contributed by atoms with Crippen LogP contribution >= 0.6 is 0 Å². The van der Waals surface area contributed by atoms with Crippen molar-refractivity contribution in [1.82, 2.24) is 24.3 Å². The monoisotopic (exact) mass is 493 g/mol. The first-order valence-corrected chi connectivity index (χ1v) is 11.9. The molecule has 2 fully saturated rings. The lowest BCUT2D eigenvalue weighted by Gasteiger charge is -2.41. The van der Waals surface area contributed by atoms with Crippen LogP contribution in [0.4, 0.5) is 5.82 Å². The molecule has 36 heavy (non-hydrogen) atoms. The maximum atomic E-state index is 8.66. The average molecular weight is 494 g/mol. The Bertz CT molecular complexity index is 1730. The Balaban J connectivity index is 1.28. The van der Waals surface area contributed by atoms with E-state index in [1.54, 1.807) is 0 Å². The van der Waals surface area contributed by atoms with Crippen molar-refractivity contribution >= 4 is 16.9 Å². The molecule has 1 saturated carbocycles. The molecule has 2 aromatic carbocycles. The maximum absolute atomic E-state index is 8.66. The smallest absolute Gasteiger partial charge is 0.146 e. The SMILES string of the molecule is [2H]C([2H])([2H])N1C([2H])([2H])C([2H])([2H])N(C2CCC(n3cc(-c4ccc(Oc5ccccc5)cc4)c4c(N)ncnc43)CC2)C([2H])([2H])C1([2H])[2H]. The highest BCUT2D eigenvalue weighted by Crippen LogP contribution is 2.39. The number of hydrogen-bond donors (Lipinski definition) is 1. The van der Waals surface area contributed by atoms with E-state index in [1.165, 1.54) is 6.33 Å². The fourth-order valence-electron chi connectivity index (χ4n) is 4.97. The van der Waals surface area contributed by atoms with E-state index >= 15 is 0 Å². The van der Waals surface area contributed by atoms with Crippen molar-refractivity contribution in [3.8, 4) is 22.6 Å². The molecule has 7 nitrogen and oxygen atoms in total. The first kappa shape index (κ1) is 13.8. The third-order valence-electron chi connectivity index (χ3n) is 6.77. The van der Waals surface area contributed by atoms with Gasteiger partial charge in [-0.25, -0.2) is 9.97 Å². The van der Waals surface area contributed by atoms with Gasteiger partial charge in [-0.1, -0.05) is 30.3 Å². The molecule has 0 radical (unpaired) electrons. The summed E-state index contributed by atoms with van der Waals surface area (Å²) in [7, 11) is 0. The highest BCUT2D eigenvalue weighted by molar-refractivity contribution is 6.00. The molecular formula is C29H34N6O. The molecule has 4 aromatic rings. The quantitative estimate of drug-likeness (QED) is 0.412. The number of para-hydroxylation sites is 1. The molecule has 0 spiro atoms. The van der Waals surface area contributed by atoms with Gasteiger partial charge in [0, 0.05) is 64.9 Å². The molecule has 2 aromatic heterocycles. The zero-order chi connectivity index (χ0) is 34.2. The van der Waals surface area contributed by atoms with E-state index in [4.69, 9.17) is 25.5 Å². The number of rotatable bonds is 5. The normalized spacial score (nSPS) is 32.1. The van der Waals surface area contributed by atoms with E-state index in [2.05, 4.69) is 9.97 Å². The molecule has 0 atom stereocenters. The van der Waals surface area contributed by atoms with Gasteiger partial charge in [-0.2, -0.15) is 0 Å². The molecule has 0 bridgehead atoms. The van der Waals surface area contributed by atoms with Gasteiger partial charge in [-0.3, -0.25) is 4.90 Å². The molecule has 186 valence electrons. The second-order valence-corrected chi connectivity index (χ2v) is 8.96. The summed E-state index contributed by atoms with van der Waals surface area (Å²) in [5.74, 6) is 1.65. The molecule has 0 amide bonds. The van der Waals surface area contributed by atoms with Crippen molar-refractivity contribution < 1.29 is 19.8 Å². The molecule has 2 aliphatic rings. The minimum atomic E-state index is -3.44. The van der Waals surface area contributed by atoms with Crippen LogP contribution < -0.4 is 10.5 Å². The molecule has 1 aliphatic carbocycles. The number of hydrogen-bond acceptors (Lipinski definition) is 6. The van der Waals surface area contributed by atoms with Gasteiger partial charge >= 0.3 is 0 Å². The van der Waals surface area contributed by atoms with Crippen LogP contribution in [0.25, 0.3) is 22.2 Å². The molecule has 6 rings (SSSR count). The van der Waals surface area contributed by atoms with Crippen LogP contribution in [0.2, 0.25) is 0 Å². The summed E-state index contributed by atoms with van der Waals surface area (Å²) in [6.45, 7) is -16.6. The Morgan fingerprint density at radius 2 is 1.58 bits per heavy atom. The van der Waals surface area contributed by atoms with E-state index in [0.717, 1.165) is 11.1 Å². The number of anilines is 1. The molecule has 0 unspecified atom stereocenters.